The fourth-order valence-corrected chi connectivity index (χ4v) is 6.13. The van der Waals surface area contributed by atoms with E-state index in [0.29, 0.717) is 22.3 Å². The van der Waals surface area contributed by atoms with Crippen molar-refractivity contribution in [2.45, 2.75) is 32.5 Å². The van der Waals surface area contributed by atoms with Gasteiger partial charge in [0.25, 0.3) is 0 Å². The van der Waals surface area contributed by atoms with Gasteiger partial charge in [-0.3, -0.25) is 27.1 Å². The zero-order valence-corrected chi connectivity index (χ0v) is 25.9. The number of hydrogen-bond acceptors (Lipinski definition) is 10. The van der Waals surface area contributed by atoms with E-state index in [4.69, 9.17) is 31.9 Å². The number of hydrogen-bond donors (Lipinski definition) is 0. The smallest absolute Gasteiger partial charge is 0.467 e. The molecule has 0 saturated carbocycles. The first kappa shape index (κ1) is 33.5. The van der Waals surface area contributed by atoms with Crippen molar-refractivity contribution in [3.05, 3.63) is 144 Å². The molecule has 1 unspecified atom stereocenters. The van der Waals surface area contributed by atoms with Crippen LogP contribution in [0.25, 0.3) is 0 Å². The number of ether oxygens (including phenoxy) is 1. The van der Waals surface area contributed by atoms with Gasteiger partial charge in [0.05, 0.1) is 40.1 Å². The van der Waals surface area contributed by atoms with E-state index in [-0.39, 0.29) is 26.4 Å². The molecule has 10 nitrogen and oxygen atoms in total. The molecule has 0 aliphatic rings. The van der Waals surface area contributed by atoms with Crippen molar-refractivity contribution >= 4 is 21.6 Å². The predicted molar refractivity (Wildman–Crippen MR) is 163 cm³/mol. The molecule has 44 heavy (non-hydrogen) atoms. The van der Waals surface area contributed by atoms with Crippen LogP contribution in [0.3, 0.4) is 0 Å². The first-order valence-electron chi connectivity index (χ1n) is 13.7. The van der Waals surface area contributed by atoms with Crippen LogP contribution in [0.2, 0.25) is 0 Å². The van der Waals surface area contributed by atoms with E-state index in [9.17, 15) is 13.9 Å². The second-order valence-electron chi connectivity index (χ2n) is 9.34. The first-order chi connectivity index (χ1) is 21.4. The Kier molecular flexibility index (Phi) is 13.1. The zero-order valence-electron chi connectivity index (χ0n) is 24.1. The van der Waals surface area contributed by atoms with Gasteiger partial charge in [-0.05, 0) is 22.3 Å². The fourth-order valence-electron chi connectivity index (χ4n) is 3.71. The van der Waals surface area contributed by atoms with Crippen LogP contribution in [0.15, 0.2) is 121 Å². The molecule has 0 spiro atoms. The quantitative estimate of drug-likeness (QED) is 0.0608. The summed E-state index contributed by atoms with van der Waals surface area (Å²) in [6.07, 6.45) is -1.67. The number of benzene rings is 4. The number of esters is 1. The highest BCUT2D eigenvalue weighted by Crippen LogP contribution is 2.54. The molecule has 0 saturated heterocycles. The van der Waals surface area contributed by atoms with E-state index in [0.717, 1.165) is 7.11 Å². The monoisotopic (exact) mass is 643 g/mol. The van der Waals surface area contributed by atoms with Crippen molar-refractivity contribution in [1.82, 2.24) is 0 Å². The molecular weight excluding hydrogens is 609 g/mol. The van der Waals surface area contributed by atoms with E-state index in [2.05, 4.69) is 0 Å². The summed E-state index contributed by atoms with van der Waals surface area (Å²) in [5, 5.41) is 0. The minimum absolute atomic E-state index is 0.102. The highest BCUT2D eigenvalue weighted by molar-refractivity contribution is 7.48. The summed E-state index contributed by atoms with van der Waals surface area (Å²) in [6.45, 7) is -1.19. The van der Waals surface area contributed by atoms with Gasteiger partial charge in [-0.2, -0.15) is 0 Å². The Hall–Kier alpha value is -3.43. The molecule has 0 aliphatic heterocycles. The molecule has 0 amide bonds. The largest absolute Gasteiger partial charge is 0.476 e. The highest BCUT2D eigenvalue weighted by Gasteiger charge is 2.38. The number of rotatable bonds is 18. The summed E-state index contributed by atoms with van der Waals surface area (Å²) in [5.41, 5.74) is 2.82. The summed E-state index contributed by atoms with van der Waals surface area (Å²) < 4.78 is 66.2. The Bertz CT molecular complexity index is 1410. The van der Waals surface area contributed by atoms with Crippen LogP contribution < -0.4 is 0 Å². The van der Waals surface area contributed by atoms with Crippen molar-refractivity contribution in [1.29, 1.82) is 0 Å². The molecule has 0 bridgehead atoms. The summed E-state index contributed by atoms with van der Waals surface area (Å²) in [6, 6.07) is 35.9. The Morgan fingerprint density at radius 1 is 0.523 bits per heavy atom. The third-order valence-corrected chi connectivity index (χ3v) is 8.79. The molecule has 1 atom stereocenters. The topological polar surface area (TPSA) is 116 Å². The van der Waals surface area contributed by atoms with Crippen LogP contribution in [0, 0.1) is 0 Å². The van der Waals surface area contributed by atoms with Gasteiger partial charge in [-0.25, -0.2) is 13.9 Å². The molecule has 0 fully saturated rings. The number of carbonyl (C=O) groups excluding carboxylic acids is 1. The van der Waals surface area contributed by atoms with Crippen LogP contribution in [0.4, 0.5) is 0 Å². The van der Waals surface area contributed by atoms with E-state index in [1.165, 1.54) is 0 Å². The van der Waals surface area contributed by atoms with Gasteiger partial charge in [0.2, 0.25) is 0 Å². The minimum atomic E-state index is -4.43. The molecular formula is C32H34O10P2. The van der Waals surface area contributed by atoms with Gasteiger partial charge in [0, 0.05) is 0 Å². The van der Waals surface area contributed by atoms with E-state index < -0.39 is 34.3 Å². The van der Waals surface area contributed by atoms with Crippen LogP contribution in [-0.4, -0.2) is 25.8 Å². The van der Waals surface area contributed by atoms with E-state index in [1.807, 2.05) is 24.3 Å². The SMILES string of the molecule is CO[13C](=O)[13CH]([13CH2]OP(=O)(OCc1ccccc1)OCc1ccccc1)OP(=O)(OCc1ccccc1)OCc1ccccc1. The summed E-state index contributed by atoms with van der Waals surface area (Å²) in [7, 11) is -7.62. The van der Waals surface area contributed by atoms with Crippen LogP contribution in [-0.2, 0) is 72.2 Å². The van der Waals surface area contributed by atoms with E-state index >= 15 is 0 Å². The Morgan fingerprint density at radius 3 is 1.16 bits per heavy atom. The lowest BCUT2D eigenvalue weighted by atomic mass is 10.2. The fraction of sp³-hybridized carbons (Fsp3) is 0.219. The molecule has 0 N–H and O–H groups in total. The van der Waals surface area contributed by atoms with Crippen molar-refractivity contribution in [3.63, 3.8) is 0 Å². The molecule has 0 aliphatic carbocycles. The van der Waals surface area contributed by atoms with Crippen LogP contribution in [0.1, 0.15) is 22.3 Å². The second-order valence-corrected chi connectivity index (χ2v) is 12.6. The molecule has 0 heterocycles. The van der Waals surface area contributed by atoms with Crippen LogP contribution >= 0.6 is 15.6 Å². The van der Waals surface area contributed by atoms with Crippen molar-refractivity contribution < 1.29 is 45.8 Å². The molecule has 0 radical (unpaired) electrons. The standard InChI is InChI=1S/C32H34O10P2/c1-36-32(33)31(42-44(35,39-24-29-18-10-4-11-19-29)40-25-30-20-12-5-13-21-30)26-41-43(34,37-22-27-14-6-2-7-15-27)38-23-28-16-8-3-9-17-28/h2-21,31H,22-26H2,1H3/i26+1,31+1,32+1. The third-order valence-electron chi connectivity index (χ3n) is 6.03. The summed E-state index contributed by atoms with van der Waals surface area (Å²) >= 11 is 0. The molecule has 12 heteroatoms. The maximum absolute atomic E-state index is 13.9. The second kappa shape index (κ2) is 17.2. The van der Waals surface area contributed by atoms with E-state index in [1.54, 1.807) is 97.1 Å². The summed E-state index contributed by atoms with van der Waals surface area (Å²) in [4.78, 5) is 12.8. The van der Waals surface area contributed by atoms with Gasteiger partial charge < -0.3 is 4.74 Å². The normalized spacial score (nSPS) is 12.5. The lowest BCUT2D eigenvalue weighted by Gasteiger charge is -2.24. The summed E-state index contributed by atoms with van der Waals surface area (Å²) in [5.74, 6) is -0.963. The van der Waals surface area contributed by atoms with Gasteiger partial charge in [0.1, 0.15) is 0 Å². The molecule has 4 rings (SSSR count). The van der Waals surface area contributed by atoms with Crippen molar-refractivity contribution in [2.24, 2.45) is 0 Å². The molecule has 4 aromatic rings. The molecule has 4 aromatic carbocycles. The third kappa shape index (κ3) is 11.2. The maximum atomic E-state index is 13.9. The molecule has 0 aromatic heterocycles. The zero-order chi connectivity index (χ0) is 31.1. The van der Waals surface area contributed by atoms with Gasteiger partial charge in [-0.1, -0.05) is 121 Å². The first-order valence-corrected chi connectivity index (χ1v) is 16.6. The van der Waals surface area contributed by atoms with Crippen molar-refractivity contribution in [3.8, 4) is 0 Å². The predicted octanol–water partition coefficient (Wildman–Crippen LogP) is 7.64. The minimum Gasteiger partial charge on any atom is -0.467 e. The number of carbonyl (C=O) groups is 1. The Balaban J connectivity index is 1.50. The Morgan fingerprint density at radius 2 is 0.841 bits per heavy atom. The van der Waals surface area contributed by atoms with Crippen LogP contribution in [0.5, 0.6) is 0 Å². The van der Waals surface area contributed by atoms with Gasteiger partial charge in [0.15, 0.2) is 6.10 Å². The maximum Gasteiger partial charge on any atom is 0.476 e. The van der Waals surface area contributed by atoms with Gasteiger partial charge >= 0.3 is 21.6 Å². The number of phosphoric ester groups is 2. The number of methoxy groups -OCH3 is 1. The van der Waals surface area contributed by atoms with Crippen molar-refractivity contribution in [2.75, 3.05) is 13.7 Å². The Labute approximate surface area is 257 Å². The molecule has 232 valence electrons. The lowest BCUT2D eigenvalue weighted by molar-refractivity contribution is -0.152. The average molecular weight is 644 g/mol. The van der Waals surface area contributed by atoms with Gasteiger partial charge in [-0.15, -0.1) is 0 Å². The highest BCUT2D eigenvalue weighted by atomic mass is 31.2. The lowest BCUT2D eigenvalue weighted by Crippen LogP contribution is -2.30. The number of phosphoric acid groups is 2. The average Bonchev–Trinajstić information content (AvgIpc) is 3.08.